The maximum absolute atomic E-state index is 13.6. The van der Waals surface area contributed by atoms with Crippen molar-refractivity contribution < 1.29 is 26.3 Å². The molecule has 3 rings (SSSR count). The van der Waals surface area contributed by atoms with Crippen LogP contribution in [-0.2, 0) is 12.4 Å². The van der Waals surface area contributed by atoms with Crippen molar-refractivity contribution in [2.45, 2.75) is 18.8 Å². The van der Waals surface area contributed by atoms with Crippen LogP contribution in [0.15, 0.2) is 40.9 Å². The van der Waals surface area contributed by atoms with Gasteiger partial charge in [-0.1, -0.05) is 22.0 Å². The van der Waals surface area contributed by atoms with Gasteiger partial charge in [0, 0.05) is 22.0 Å². The Kier molecular flexibility index (Phi) is 6.75. The number of halogens is 7. The number of hydrogen-bond donors (Lipinski definition) is 2. The zero-order chi connectivity index (χ0) is 22.8. The summed E-state index contributed by atoms with van der Waals surface area (Å²) in [6.07, 6.45) is -8.67. The van der Waals surface area contributed by atoms with Crippen molar-refractivity contribution in [3.05, 3.63) is 52.0 Å². The highest BCUT2D eigenvalue weighted by molar-refractivity contribution is 9.10. The summed E-state index contributed by atoms with van der Waals surface area (Å²) >= 11 is 3.02. The number of benzene rings is 2. The molecule has 0 atom stereocenters. The molecule has 0 spiro atoms. The van der Waals surface area contributed by atoms with Crippen LogP contribution in [-0.4, -0.2) is 30.1 Å². The number of aromatic nitrogens is 2. The number of rotatable bonds is 6. The van der Waals surface area contributed by atoms with E-state index in [1.54, 1.807) is 7.05 Å². The largest absolute Gasteiger partial charge is 0.418 e. The number of para-hydroxylation sites is 1. The van der Waals surface area contributed by atoms with E-state index in [0.717, 1.165) is 18.2 Å². The quantitative estimate of drug-likeness (QED) is 0.312. The van der Waals surface area contributed by atoms with Crippen LogP contribution >= 0.6 is 15.9 Å². The van der Waals surface area contributed by atoms with Crippen molar-refractivity contribution in [1.29, 1.82) is 0 Å². The lowest BCUT2D eigenvalue weighted by atomic mass is 10.1. The monoisotopic (exact) mass is 506 g/mol. The van der Waals surface area contributed by atoms with Gasteiger partial charge in [0.05, 0.1) is 16.6 Å². The fourth-order valence-electron chi connectivity index (χ4n) is 3.00. The molecule has 0 saturated heterocycles. The molecule has 1 heterocycles. The van der Waals surface area contributed by atoms with Gasteiger partial charge in [0.2, 0.25) is 0 Å². The summed E-state index contributed by atoms with van der Waals surface area (Å²) in [6, 6.07) is 6.59. The molecule has 2 aromatic carbocycles. The van der Waals surface area contributed by atoms with E-state index >= 15 is 0 Å². The second kappa shape index (κ2) is 8.99. The minimum Gasteiger partial charge on any atom is -0.369 e. The first-order valence-electron chi connectivity index (χ1n) is 9.15. The second-order valence-electron chi connectivity index (χ2n) is 6.71. The lowest BCUT2D eigenvalue weighted by molar-refractivity contribution is -0.138. The third-order valence-corrected chi connectivity index (χ3v) is 4.87. The fraction of sp³-hybridized carbons (Fsp3) is 0.300. The van der Waals surface area contributed by atoms with E-state index in [1.165, 1.54) is 18.2 Å². The summed E-state index contributed by atoms with van der Waals surface area (Å²) in [5.74, 6) is -0.122. The summed E-state index contributed by atoms with van der Waals surface area (Å²) in [5.41, 5.74) is -2.39. The maximum Gasteiger partial charge on any atom is 0.418 e. The molecule has 0 saturated carbocycles. The van der Waals surface area contributed by atoms with Crippen LogP contribution < -0.4 is 10.6 Å². The van der Waals surface area contributed by atoms with Crippen LogP contribution in [0.3, 0.4) is 0 Å². The topological polar surface area (TPSA) is 49.8 Å². The van der Waals surface area contributed by atoms with Crippen LogP contribution in [0.4, 0.5) is 32.2 Å². The Bertz CT molecular complexity index is 1080. The first-order valence-corrected chi connectivity index (χ1v) is 9.94. The molecule has 1 aromatic heterocycles. The molecule has 3 aromatic rings. The minimum atomic E-state index is -4.69. The van der Waals surface area contributed by atoms with E-state index in [-0.39, 0.29) is 32.6 Å². The average molecular weight is 507 g/mol. The summed E-state index contributed by atoms with van der Waals surface area (Å²) in [5, 5.41) is 6.06. The van der Waals surface area contributed by atoms with E-state index < -0.39 is 23.5 Å². The first kappa shape index (κ1) is 23.3. The van der Waals surface area contributed by atoms with Gasteiger partial charge in [-0.2, -0.15) is 26.3 Å². The lowest BCUT2D eigenvalue weighted by Gasteiger charge is -2.15. The number of nitrogens with one attached hydrogen (secondary N) is 2. The van der Waals surface area contributed by atoms with Crippen LogP contribution in [0, 0.1) is 0 Å². The van der Waals surface area contributed by atoms with Crippen molar-refractivity contribution in [3.63, 3.8) is 0 Å². The predicted octanol–water partition coefficient (Wildman–Crippen LogP) is 6.12. The smallest absolute Gasteiger partial charge is 0.369 e. The van der Waals surface area contributed by atoms with E-state index in [4.69, 9.17) is 0 Å². The van der Waals surface area contributed by atoms with E-state index in [0.29, 0.717) is 19.5 Å². The molecule has 4 nitrogen and oxygen atoms in total. The van der Waals surface area contributed by atoms with Crippen LogP contribution in [0.5, 0.6) is 0 Å². The molecule has 166 valence electrons. The maximum atomic E-state index is 13.6. The Morgan fingerprint density at radius 1 is 0.935 bits per heavy atom. The molecule has 11 heteroatoms. The third kappa shape index (κ3) is 5.45. The number of anilines is 1. The van der Waals surface area contributed by atoms with E-state index in [2.05, 4.69) is 36.5 Å². The van der Waals surface area contributed by atoms with Gasteiger partial charge in [0.15, 0.2) is 5.82 Å². The molecular formula is C20H17BrF6N4. The summed E-state index contributed by atoms with van der Waals surface area (Å²) in [6.45, 7) is 1.06. The Hall–Kier alpha value is -2.40. The molecule has 0 radical (unpaired) electrons. The Morgan fingerprint density at radius 3 is 2.32 bits per heavy atom. The van der Waals surface area contributed by atoms with Gasteiger partial charge >= 0.3 is 12.4 Å². The Balaban J connectivity index is 2.21. The first-order chi connectivity index (χ1) is 14.5. The molecule has 31 heavy (non-hydrogen) atoms. The van der Waals surface area contributed by atoms with Crippen molar-refractivity contribution in [2.24, 2.45) is 0 Å². The average Bonchev–Trinajstić information content (AvgIpc) is 2.68. The molecule has 0 amide bonds. The van der Waals surface area contributed by atoms with Gasteiger partial charge in [-0.15, -0.1) is 0 Å². The van der Waals surface area contributed by atoms with Crippen molar-refractivity contribution in [3.8, 4) is 11.4 Å². The molecule has 0 aliphatic rings. The molecule has 2 N–H and O–H groups in total. The van der Waals surface area contributed by atoms with Gasteiger partial charge < -0.3 is 10.6 Å². The van der Waals surface area contributed by atoms with Crippen LogP contribution in [0.1, 0.15) is 17.5 Å². The lowest BCUT2D eigenvalue weighted by Crippen LogP contribution is -2.14. The highest BCUT2D eigenvalue weighted by Gasteiger charge is 2.34. The molecule has 0 aliphatic heterocycles. The summed E-state index contributed by atoms with van der Waals surface area (Å²) in [7, 11) is 1.76. The van der Waals surface area contributed by atoms with Crippen molar-refractivity contribution in [1.82, 2.24) is 15.3 Å². The minimum absolute atomic E-state index is 0.0566. The van der Waals surface area contributed by atoms with Crippen LogP contribution in [0.25, 0.3) is 22.3 Å². The van der Waals surface area contributed by atoms with Crippen LogP contribution in [0.2, 0.25) is 0 Å². The molecular weight excluding hydrogens is 490 g/mol. The molecule has 0 aliphatic carbocycles. The van der Waals surface area contributed by atoms with Gasteiger partial charge in [-0.05, 0) is 50.3 Å². The van der Waals surface area contributed by atoms with Gasteiger partial charge in [-0.3, -0.25) is 0 Å². The second-order valence-corrected chi connectivity index (χ2v) is 7.62. The van der Waals surface area contributed by atoms with E-state index in [9.17, 15) is 26.3 Å². The zero-order valence-corrected chi connectivity index (χ0v) is 17.7. The summed E-state index contributed by atoms with van der Waals surface area (Å²) < 4.78 is 80.5. The third-order valence-electron chi connectivity index (χ3n) is 4.41. The molecule has 0 bridgehead atoms. The summed E-state index contributed by atoms with van der Waals surface area (Å²) in [4.78, 5) is 8.27. The van der Waals surface area contributed by atoms with Crippen molar-refractivity contribution >= 4 is 32.7 Å². The number of hydrogen-bond acceptors (Lipinski definition) is 4. The van der Waals surface area contributed by atoms with Gasteiger partial charge in [0.25, 0.3) is 0 Å². The van der Waals surface area contributed by atoms with E-state index in [1.807, 2.05) is 0 Å². The fourth-order valence-corrected chi connectivity index (χ4v) is 3.49. The normalized spacial score (nSPS) is 12.4. The van der Waals surface area contributed by atoms with Gasteiger partial charge in [-0.25, -0.2) is 9.97 Å². The predicted molar refractivity (Wildman–Crippen MR) is 110 cm³/mol. The molecule has 0 fully saturated rings. The SMILES string of the molecule is CNCCCNc1nc(-c2cc(Br)cc(C(F)(F)F)c2)nc2c(C(F)(F)F)cccc12. The Morgan fingerprint density at radius 2 is 1.68 bits per heavy atom. The number of alkyl halides is 6. The number of fused-ring (bicyclic) bond motifs is 1. The van der Waals surface area contributed by atoms with Crippen molar-refractivity contribution in [2.75, 3.05) is 25.5 Å². The zero-order valence-electron chi connectivity index (χ0n) is 16.1. The molecule has 0 unspecified atom stereocenters. The highest BCUT2D eigenvalue weighted by atomic mass is 79.9. The standard InChI is InChI=1S/C20H17BrF6N4/c1-28-6-3-7-29-18-14-4-2-5-15(20(25,26)27)16(14)30-17(31-18)11-8-12(19(22,23)24)10-13(21)9-11/h2,4-5,8-10,28H,3,6-7H2,1H3,(H,29,30,31). The number of nitrogens with zero attached hydrogens (tertiary/aromatic N) is 2. The van der Waals surface area contributed by atoms with Gasteiger partial charge in [0.1, 0.15) is 5.82 Å². The Labute approximate surface area is 182 Å². The highest BCUT2D eigenvalue weighted by Crippen LogP contribution is 2.38.